The van der Waals surface area contributed by atoms with Gasteiger partial charge in [0.15, 0.2) is 0 Å². The summed E-state index contributed by atoms with van der Waals surface area (Å²) in [4.78, 5) is 30.8. The van der Waals surface area contributed by atoms with Crippen LogP contribution in [0, 0.1) is 17.8 Å². The normalized spacial score (nSPS) is 29.8. The van der Waals surface area contributed by atoms with E-state index in [9.17, 15) is 9.59 Å². The average Bonchev–Trinajstić information content (AvgIpc) is 3.08. The van der Waals surface area contributed by atoms with E-state index in [2.05, 4.69) is 15.3 Å². The minimum absolute atomic E-state index is 0.0885. The number of carbonyl (C=O) groups is 2. The fourth-order valence-corrected chi connectivity index (χ4v) is 3.90. The number of pyridine rings is 1. The lowest BCUT2D eigenvalue weighted by molar-refractivity contribution is -0.141. The number of carboxylic acids is 1. The Labute approximate surface area is 126 Å². The molecule has 2 aromatic heterocycles. The first-order chi connectivity index (χ1) is 10.6. The van der Waals surface area contributed by atoms with Crippen LogP contribution in [-0.2, 0) is 4.79 Å². The van der Waals surface area contributed by atoms with Crippen LogP contribution in [0.4, 0.5) is 0 Å². The van der Waals surface area contributed by atoms with Gasteiger partial charge in [-0.15, -0.1) is 0 Å². The molecule has 0 aliphatic heterocycles. The maximum Gasteiger partial charge on any atom is 0.306 e. The lowest BCUT2D eigenvalue weighted by atomic mass is 9.71. The monoisotopic (exact) mass is 299 g/mol. The number of H-pyrrole nitrogens is 1. The van der Waals surface area contributed by atoms with Gasteiger partial charge in [0.2, 0.25) is 0 Å². The minimum Gasteiger partial charge on any atom is -0.481 e. The van der Waals surface area contributed by atoms with Crippen LogP contribution in [0.15, 0.2) is 24.4 Å². The third-order valence-corrected chi connectivity index (χ3v) is 5.13. The number of amides is 1. The Balaban J connectivity index is 1.43. The molecule has 6 nitrogen and oxygen atoms in total. The van der Waals surface area contributed by atoms with Crippen molar-refractivity contribution >= 4 is 22.9 Å². The molecule has 2 saturated carbocycles. The van der Waals surface area contributed by atoms with E-state index in [-0.39, 0.29) is 17.9 Å². The summed E-state index contributed by atoms with van der Waals surface area (Å²) in [5.41, 5.74) is 2.08. The smallest absolute Gasteiger partial charge is 0.306 e. The van der Waals surface area contributed by atoms with Gasteiger partial charge in [0.1, 0.15) is 5.69 Å². The Morgan fingerprint density at radius 3 is 2.91 bits per heavy atom. The summed E-state index contributed by atoms with van der Waals surface area (Å²) in [6, 6.07) is 5.47. The van der Waals surface area contributed by atoms with Gasteiger partial charge in [-0.3, -0.25) is 9.59 Å². The second kappa shape index (κ2) is 4.83. The number of carbonyl (C=O) groups excluding carboxylic acids is 1. The fourth-order valence-electron chi connectivity index (χ4n) is 3.90. The number of hydrogen-bond donors (Lipinski definition) is 3. The summed E-state index contributed by atoms with van der Waals surface area (Å²) in [5, 5.41) is 12.1. The van der Waals surface area contributed by atoms with Crippen LogP contribution in [0.2, 0.25) is 0 Å². The van der Waals surface area contributed by atoms with Crippen LogP contribution in [-0.4, -0.2) is 33.0 Å². The zero-order valence-electron chi connectivity index (χ0n) is 12.0. The molecule has 0 radical (unpaired) electrons. The molecule has 2 heterocycles. The van der Waals surface area contributed by atoms with Gasteiger partial charge in [0.25, 0.3) is 5.91 Å². The van der Waals surface area contributed by atoms with Crippen molar-refractivity contribution in [3.63, 3.8) is 0 Å². The first-order valence-electron chi connectivity index (χ1n) is 7.59. The molecule has 2 aromatic rings. The molecule has 3 N–H and O–H groups in total. The molecule has 4 rings (SSSR count). The van der Waals surface area contributed by atoms with Gasteiger partial charge in [0, 0.05) is 12.2 Å². The predicted molar refractivity (Wildman–Crippen MR) is 79.3 cm³/mol. The van der Waals surface area contributed by atoms with Crippen LogP contribution in [0.25, 0.3) is 11.0 Å². The second-order valence-electron chi connectivity index (χ2n) is 6.35. The minimum atomic E-state index is -0.709. The summed E-state index contributed by atoms with van der Waals surface area (Å²) < 4.78 is 0. The standard InChI is InChI=1S/C16H17N3O3/c20-15(13-2-1-11-12(18-13)3-4-17-11)19-14-7-8-5-9(16(21)22)6-10(8)14/h1-4,8-10,14,17H,5-7H2,(H,19,20)(H,21,22)/t8-,9?,10-,14+/m1/s1. The lowest BCUT2D eigenvalue weighted by Crippen LogP contribution is -2.50. The van der Waals surface area contributed by atoms with Crippen LogP contribution in [0.5, 0.6) is 0 Å². The van der Waals surface area contributed by atoms with E-state index in [0.29, 0.717) is 24.0 Å². The molecule has 0 aromatic carbocycles. The quantitative estimate of drug-likeness (QED) is 0.805. The van der Waals surface area contributed by atoms with Crippen LogP contribution in [0.1, 0.15) is 29.8 Å². The first kappa shape index (κ1) is 13.3. The van der Waals surface area contributed by atoms with Gasteiger partial charge in [0.05, 0.1) is 17.0 Å². The van der Waals surface area contributed by atoms with Crippen LogP contribution < -0.4 is 5.32 Å². The Bertz CT molecular complexity index is 754. The number of nitrogens with zero attached hydrogens (tertiary/aromatic N) is 1. The van der Waals surface area contributed by atoms with Crippen LogP contribution in [0.3, 0.4) is 0 Å². The number of carboxylic acid groups (broad SMARTS) is 1. The Morgan fingerprint density at radius 2 is 2.09 bits per heavy atom. The number of hydrogen-bond acceptors (Lipinski definition) is 3. The number of aliphatic carboxylic acids is 1. The van der Waals surface area contributed by atoms with Crippen molar-refractivity contribution in [1.82, 2.24) is 15.3 Å². The van der Waals surface area contributed by atoms with E-state index in [1.807, 2.05) is 12.1 Å². The van der Waals surface area contributed by atoms with Gasteiger partial charge < -0.3 is 15.4 Å². The first-order valence-corrected chi connectivity index (χ1v) is 7.59. The van der Waals surface area contributed by atoms with E-state index in [4.69, 9.17) is 5.11 Å². The van der Waals surface area contributed by atoms with Crippen molar-refractivity contribution in [3.8, 4) is 0 Å². The number of nitrogens with one attached hydrogen (secondary N) is 2. The largest absolute Gasteiger partial charge is 0.481 e. The molecule has 0 spiro atoms. The molecule has 1 unspecified atom stereocenters. The maximum atomic E-state index is 12.3. The zero-order valence-corrected chi connectivity index (χ0v) is 12.0. The van der Waals surface area contributed by atoms with Gasteiger partial charge >= 0.3 is 5.97 Å². The molecule has 4 atom stereocenters. The van der Waals surface area contributed by atoms with Gasteiger partial charge in [-0.2, -0.15) is 0 Å². The molecule has 114 valence electrons. The van der Waals surface area contributed by atoms with E-state index >= 15 is 0 Å². The Hall–Kier alpha value is -2.37. The molecular weight excluding hydrogens is 282 g/mol. The number of fused-ring (bicyclic) bond motifs is 2. The predicted octanol–water partition coefficient (Wildman–Crippen LogP) is 1.79. The Kier molecular flexibility index (Phi) is 2.92. The summed E-state index contributed by atoms with van der Waals surface area (Å²) in [5.74, 6) is -0.372. The van der Waals surface area contributed by atoms with E-state index in [0.717, 1.165) is 23.9 Å². The summed E-state index contributed by atoms with van der Waals surface area (Å²) in [6.07, 6.45) is 4.10. The third kappa shape index (κ3) is 2.06. The molecule has 6 heteroatoms. The van der Waals surface area contributed by atoms with Crippen LogP contribution >= 0.6 is 0 Å². The molecule has 0 bridgehead atoms. The molecule has 1 amide bonds. The fraction of sp³-hybridized carbons (Fsp3) is 0.438. The lowest BCUT2D eigenvalue weighted by Gasteiger charge is -2.40. The number of aromatic nitrogens is 2. The molecule has 2 fully saturated rings. The van der Waals surface area contributed by atoms with E-state index in [1.54, 1.807) is 12.3 Å². The highest BCUT2D eigenvalue weighted by Gasteiger charge is 2.49. The third-order valence-electron chi connectivity index (χ3n) is 5.13. The number of aromatic amines is 1. The van der Waals surface area contributed by atoms with Crippen molar-refractivity contribution in [2.45, 2.75) is 25.3 Å². The van der Waals surface area contributed by atoms with Gasteiger partial charge in [-0.1, -0.05) is 0 Å². The summed E-state index contributed by atoms with van der Waals surface area (Å²) >= 11 is 0. The SMILES string of the molecule is O=C(N[C@H]1C[C@H]2CC(C(=O)O)C[C@H]21)c1ccc2[nH]ccc2n1. The molecule has 0 saturated heterocycles. The van der Waals surface area contributed by atoms with Crippen molar-refractivity contribution in [2.75, 3.05) is 0 Å². The molecule has 2 aliphatic rings. The highest BCUT2D eigenvalue weighted by molar-refractivity contribution is 5.94. The number of rotatable bonds is 3. The zero-order chi connectivity index (χ0) is 15.3. The summed E-state index contributed by atoms with van der Waals surface area (Å²) in [7, 11) is 0. The average molecular weight is 299 g/mol. The Morgan fingerprint density at radius 1 is 1.23 bits per heavy atom. The van der Waals surface area contributed by atoms with Crippen molar-refractivity contribution in [3.05, 3.63) is 30.1 Å². The molecular formula is C16H17N3O3. The van der Waals surface area contributed by atoms with Crippen molar-refractivity contribution in [2.24, 2.45) is 17.8 Å². The van der Waals surface area contributed by atoms with E-state index in [1.165, 1.54) is 0 Å². The highest BCUT2D eigenvalue weighted by atomic mass is 16.4. The maximum absolute atomic E-state index is 12.3. The van der Waals surface area contributed by atoms with Crippen molar-refractivity contribution in [1.29, 1.82) is 0 Å². The molecule has 22 heavy (non-hydrogen) atoms. The molecule has 2 aliphatic carbocycles. The summed E-state index contributed by atoms with van der Waals surface area (Å²) in [6.45, 7) is 0. The second-order valence-corrected chi connectivity index (χ2v) is 6.35. The highest BCUT2D eigenvalue weighted by Crippen LogP contribution is 2.49. The van der Waals surface area contributed by atoms with E-state index < -0.39 is 5.97 Å². The van der Waals surface area contributed by atoms with Crippen molar-refractivity contribution < 1.29 is 14.7 Å². The topological polar surface area (TPSA) is 95.1 Å². The van der Waals surface area contributed by atoms with Gasteiger partial charge in [-0.25, -0.2) is 4.98 Å². The van der Waals surface area contributed by atoms with Gasteiger partial charge in [-0.05, 0) is 49.3 Å².